The zero-order chi connectivity index (χ0) is 13.4. The molecule has 3 aromatic rings. The number of aryl methyl sites for hydroxylation is 1. The Morgan fingerprint density at radius 3 is 2.58 bits per heavy atom. The minimum absolute atomic E-state index is 0.241. The summed E-state index contributed by atoms with van der Waals surface area (Å²) in [6, 6.07) is 10.1. The Bertz CT molecular complexity index is 735. The zero-order valence-corrected chi connectivity index (χ0v) is 10.4. The number of nitrogens with zero attached hydrogens (tertiary/aromatic N) is 3. The van der Waals surface area contributed by atoms with Gasteiger partial charge in [0.15, 0.2) is 0 Å². The summed E-state index contributed by atoms with van der Waals surface area (Å²) in [7, 11) is 1.79. The fourth-order valence-corrected chi connectivity index (χ4v) is 2.30. The fourth-order valence-electron chi connectivity index (χ4n) is 2.30. The predicted molar refractivity (Wildman–Crippen MR) is 70.9 cm³/mol. The van der Waals surface area contributed by atoms with E-state index in [9.17, 15) is 4.39 Å². The van der Waals surface area contributed by atoms with E-state index in [1.54, 1.807) is 30.1 Å². The van der Waals surface area contributed by atoms with Crippen LogP contribution in [-0.4, -0.2) is 15.0 Å². The molecule has 3 rings (SSSR count). The Kier molecular flexibility index (Phi) is 2.76. The smallest absolute Gasteiger partial charge is 0.131 e. The molecule has 0 saturated heterocycles. The first-order valence-corrected chi connectivity index (χ1v) is 5.96. The van der Waals surface area contributed by atoms with Gasteiger partial charge >= 0.3 is 0 Å². The molecule has 0 saturated carbocycles. The van der Waals surface area contributed by atoms with Gasteiger partial charge in [-0.1, -0.05) is 35.5 Å². The quantitative estimate of drug-likeness (QED) is 0.764. The molecule has 0 fully saturated rings. The zero-order valence-electron chi connectivity index (χ0n) is 10.4. The molecule has 0 radical (unpaired) electrons. The number of rotatable bonds is 2. The summed E-state index contributed by atoms with van der Waals surface area (Å²) in [5, 5.41) is 9.09. The molecule has 19 heavy (non-hydrogen) atoms. The van der Waals surface area contributed by atoms with Crippen LogP contribution >= 0.6 is 0 Å². The molecule has 0 bridgehead atoms. The maximum Gasteiger partial charge on any atom is 0.131 e. The van der Waals surface area contributed by atoms with Crippen molar-refractivity contribution in [2.45, 2.75) is 6.04 Å². The fraction of sp³-hybridized carbons (Fsp3) is 0.143. The lowest BCUT2D eigenvalue weighted by atomic mass is 9.97. The number of hydrogen-bond donors (Lipinski definition) is 1. The highest BCUT2D eigenvalue weighted by Gasteiger charge is 2.16. The van der Waals surface area contributed by atoms with Crippen LogP contribution < -0.4 is 5.73 Å². The molecule has 1 heterocycles. The minimum Gasteiger partial charge on any atom is -0.319 e. The van der Waals surface area contributed by atoms with E-state index in [0.29, 0.717) is 5.39 Å². The third-order valence-electron chi connectivity index (χ3n) is 3.31. The number of benzene rings is 2. The van der Waals surface area contributed by atoms with Crippen molar-refractivity contribution >= 4 is 10.8 Å². The molecule has 2 aromatic carbocycles. The average Bonchev–Trinajstić information content (AvgIpc) is 2.85. The molecule has 0 aliphatic heterocycles. The minimum atomic E-state index is -0.384. The summed E-state index contributed by atoms with van der Waals surface area (Å²) in [4.78, 5) is 0. The van der Waals surface area contributed by atoms with Crippen LogP contribution in [0.2, 0.25) is 0 Å². The van der Waals surface area contributed by atoms with E-state index in [2.05, 4.69) is 10.3 Å². The molecule has 1 atom stereocenters. The molecule has 1 unspecified atom stereocenters. The lowest BCUT2D eigenvalue weighted by Gasteiger charge is -2.14. The van der Waals surface area contributed by atoms with Gasteiger partial charge in [-0.3, -0.25) is 4.68 Å². The third kappa shape index (κ3) is 1.88. The van der Waals surface area contributed by atoms with Crippen LogP contribution in [0.15, 0.2) is 42.6 Å². The number of hydrogen-bond acceptors (Lipinski definition) is 3. The van der Waals surface area contributed by atoms with Gasteiger partial charge in [0.25, 0.3) is 0 Å². The maximum atomic E-state index is 13.8. The second-order valence-corrected chi connectivity index (χ2v) is 4.44. The highest BCUT2D eigenvalue weighted by atomic mass is 19.1. The van der Waals surface area contributed by atoms with Gasteiger partial charge in [0.1, 0.15) is 5.82 Å². The molecule has 0 spiro atoms. The van der Waals surface area contributed by atoms with E-state index >= 15 is 0 Å². The highest BCUT2D eigenvalue weighted by Crippen LogP contribution is 2.28. The second kappa shape index (κ2) is 4.44. The van der Waals surface area contributed by atoms with Crippen LogP contribution in [-0.2, 0) is 7.05 Å². The number of halogens is 1. The Labute approximate surface area is 109 Å². The van der Waals surface area contributed by atoms with Crippen molar-refractivity contribution in [1.82, 2.24) is 15.0 Å². The molecule has 4 nitrogen and oxygen atoms in total. The van der Waals surface area contributed by atoms with Crippen LogP contribution in [0.4, 0.5) is 4.39 Å². The third-order valence-corrected chi connectivity index (χ3v) is 3.31. The Hall–Kier alpha value is -2.27. The van der Waals surface area contributed by atoms with Gasteiger partial charge in [0.05, 0.1) is 17.9 Å². The van der Waals surface area contributed by atoms with Gasteiger partial charge in [-0.15, -0.1) is 5.10 Å². The van der Waals surface area contributed by atoms with Crippen molar-refractivity contribution < 1.29 is 4.39 Å². The van der Waals surface area contributed by atoms with E-state index in [-0.39, 0.29) is 11.9 Å². The number of aromatic nitrogens is 3. The Morgan fingerprint density at radius 2 is 1.89 bits per heavy atom. The first-order valence-electron chi connectivity index (χ1n) is 5.96. The first kappa shape index (κ1) is 11.8. The van der Waals surface area contributed by atoms with Crippen LogP contribution in [0.25, 0.3) is 10.8 Å². The summed E-state index contributed by atoms with van der Waals surface area (Å²) < 4.78 is 15.4. The molecule has 2 N–H and O–H groups in total. The van der Waals surface area contributed by atoms with E-state index in [0.717, 1.165) is 16.6 Å². The molecular weight excluding hydrogens is 243 g/mol. The van der Waals surface area contributed by atoms with Gasteiger partial charge < -0.3 is 5.73 Å². The molecule has 96 valence electrons. The van der Waals surface area contributed by atoms with Crippen molar-refractivity contribution in [3.8, 4) is 0 Å². The van der Waals surface area contributed by atoms with Crippen LogP contribution in [0.5, 0.6) is 0 Å². The van der Waals surface area contributed by atoms with Gasteiger partial charge in [-0.25, -0.2) is 4.39 Å². The van der Waals surface area contributed by atoms with Crippen LogP contribution in [0.1, 0.15) is 17.3 Å². The van der Waals surface area contributed by atoms with Crippen molar-refractivity contribution in [2.75, 3.05) is 0 Å². The molecule has 1 aromatic heterocycles. The van der Waals surface area contributed by atoms with E-state index in [1.165, 1.54) is 6.07 Å². The Balaban J connectivity index is 2.21. The lowest BCUT2D eigenvalue weighted by molar-refractivity contribution is 0.636. The van der Waals surface area contributed by atoms with E-state index in [1.807, 2.05) is 18.2 Å². The van der Waals surface area contributed by atoms with Gasteiger partial charge in [0, 0.05) is 12.4 Å². The monoisotopic (exact) mass is 256 g/mol. The van der Waals surface area contributed by atoms with Gasteiger partial charge in [0.2, 0.25) is 0 Å². The normalized spacial score (nSPS) is 12.8. The predicted octanol–water partition coefficient (Wildman–Crippen LogP) is 2.16. The van der Waals surface area contributed by atoms with Gasteiger partial charge in [-0.05, 0) is 17.0 Å². The molecular formula is C14H13FN4. The summed E-state index contributed by atoms with van der Waals surface area (Å²) in [6.07, 6.45) is 1.63. The molecule has 0 aliphatic carbocycles. The SMILES string of the molecule is Cn1nncc1C(N)c1ccc(F)c2ccccc12. The second-order valence-electron chi connectivity index (χ2n) is 4.44. The van der Waals surface area contributed by atoms with Crippen molar-refractivity contribution in [3.05, 3.63) is 59.7 Å². The number of fused-ring (bicyclic) bond motifs is 1. The van der Waals surface area contributed by atoms with Crippen LogP contribution in [0.3, 0.4) is 0 Å². The van der Waals surface area contributed by atoms with Crippen LogP contribution in [0, 0.1) is 5.82 Å². The summed E-state index contributed by atoms with van der Waals surface area (Å²) >= 11 is 0. The molecule has 0 aliphatic rings. The van der Waals surface area contributed by atoms with Crippen molar-refractivity contribution in [2.24, 2.45) is 12.8 Å². The van der Waals surface area contributed by atoms with Gasteiger partial charge in [-0.2, -0.15) is 0 Å². The summed E-state index contributed by atoms with van der Waals surface area (Å²) in [5.41, 5.74) is 7.91. The summed E-state index contributed by atoms with van der Waals surface area (Å²) in [5.74, 6) is -0.241. The van der Waals surface area contributed by atoms with Crippen molar-refractivity contribution in [3.63, 3.8) is 0 Å². The van der Waals surface area contributed by atoms with E-state index in [4.69, 9.17) is 5.73 Å². The van der Waals surface area contributed by atoms with Crippen molar-refractivity contribution in [1.29, 1.82) is 0 Å². The number of nitrogens with two attached hydrogens (primary N) is 1. The molecule has 5 heteroatoms. The maximum absolute atomic E-state index is 13.8. The highest BCUT2D eigenvalue weighted by molar-refractivity contribution is 5.87. The Morgan fingerprint density at radius 1 is 1.16 bits per heavy atom. The largest absolute Gasteiger partial charge is 0.319 e. The average molecular weight is 256 g/mol. The topological polar surface area (TPSA) is 56.7 Å². The summed E-state index contributed by atoms with van der Waals surface area (Å²) in [6.45, 7) is 0. The van der Waals surface area contributed by atoms with E-state index < -0.39 is 0 Å². The molecule has 0 amide bonds. The lowest BCUT2D eigenvalue weighted by Crippen LogP contribution is -2.16. The standard InChI is InChI=1S/C14H13FN4/c1-19-13(8-17-18-19)14(16)11-6-7-12(15)10-5-3-2-4-9(10)11/h2-8,14H,16H2,1H3. The first-order chi connectivity index (χ1) is 9.18.